The number of benzene rings is 1. The van der Waals surface area contributed by atoms with Crippen LogP contribution in [0.1, 0.15) is 37.7 Å². The zero-order valence-corrected chi connectivity index (χ0v) is 12.8. The van der Waals surface area contributed by atoms with Crippen molar-refractivity contribution < 1.29 is 9.47 Å². The molecule has 0 aromatic heterocycles. The van der Waals surface area contributed by atoms with Crippen molar-refractivity contribution in [3.05, 3.63) is 22.2 Å². The summed E-state index contributed by atoms with van der Waals surface area (Å²) in [5, 5.41) is 0. The van der Waals surface area contributed by atoms with Crippen LogP contribution in [-0.2, 0) is 0 Å². The summed E-state index contributed by atoms with van der Waals surface area (Å²) in [5.74, 6) is 4.74. The number of hydrogen-bond donors (Lipinski definition) is 0. The van der Waals surface area contributed by atoms with Gasteiger partial charge in [0.2, 0.25) is 0 Å². The molecule has 0 heterocycles. The molecular weight excluding hydrogens is 304 g/mol. The lowest BCUT2D eigenvalue weighted by atomic mass is 9.90. The third-order valence-corrected chi connectivity index (χ3v) is 4.41. The molecule has 0 amide bonds. The molecule has 2 rings (SSSR count). The van der Waals surface area contributed by atoms with E-state index in [4.69, 9.17) is 15.9 Å². The standard InChI is InChI=1S/C16H19BrO2/c1-3-13-9-10-14(18-2)16(15(13)17)19-11-12-7-5-4-6-8-12/h1,9-10,12H,4-8,11H2,2H3. The Hall–Kier alpha value is -1.14. The fourth-order valence-corrected chi connectivity index (χ4v) is 3.06. The van der Waals surface area contributed by atoms with E-state index in [9.17, 15) is 0 Å². The van der Waals surface area contributed by atoms with Gasteiger partial charge in [0.1, 0.15) is 0 Å². The molecule has 1 aliphatic rings. The highest BCUT2D eigenvalue weighted by Gasteiger charge is 2.17. The molecule has 0 unspecified atom stereocenters. The molecule has 19 heavy (non-hydrogen) atoms. The average molecular weight is 323 g/mol. The molecule has 0 spiro atoms. The smallest absolute Gasteiger partial charge is 0.176 e. The lowest BCUT2D eigenvalue weighted by molar-refractivity contribution is 0.201. The summed E-state index contributed by atoms with van der Waals surface area (Å²) in [6.07, 6.45) is 12.0. The second kappa shape index (κ2) is 6.86. The summed E-state index contributed by atoms with van der Waals surface area (Å²) in [6.45, 7) is 0.739. The highest BCUT2D eigenvalue weighted by atomic mass is 79.9. The van der Waals surface area contributed by atoms with Gasteiger partial charge in [0.05, 0.1) is 18.2 Å². The number of ether oxygens (including phenoxy) is 2. The number of methoxy groups -OCH3 is 1. The van der Waals surface area contributed by atoms with Crippen molar-refractivity contribution in [2.75, 3.05) is 13.7 Å². The fraction of sp³-hybridized carbons (Fsp3) is 0.500. The average Bonchev–Trinajstić information content (AvgIpc) is 2.46. The minimum Gasteiger partial charge on any atom is -0.493 e. The SMILES string of the molecule is C#Cc1ccc(OC)c(OCC2CCCCC2)c1Br. The van der Waals surface area contributed by atoms with Crippen LogP contribution < -0.4 is 9.47 Å². The van der Waals surface area contributed by atoms with Gasteiger partial charge >= 0.3 is 0 Å². The van der Waals surface area contributed by atoms with Gasteiger partial charge in [-0.15, -0.1) is 6.42 Å². The van der Waals surface area contributed by atoms with Crippen LogP contribution in [0, 0.1) is 18.3 Å². The van der Waals surface area contributed by atoms with E-state index in [1.807, 2.05) is 12.1 Å². The Labute approximate surface area is 123 Å². The molecule has 0 radical (unpaired) electrons. The number of terminal acetylenes is 1. The summed E-state index contributed by atoms with van der Waals surface area (Å²) in [4.78, 5) is 0. The maximum atomic E-state index is 5.97. The predicted octanol–water partition coefficient (Wildman–Crippen LogP) is 4.40. The first-order chi connectivity index (χ1) is 9.26. The van der Waals surface area contributed by atoms with Crippen molar-refractivity contribution in [3.63, 3.8) is 0 Å². The van der Waals surface area contributed by atoms with Gasteiger partial charge < -0.3 is 9.47 Å². The summed E-state index contributed by atoms with van der Waals surface area (Å²) in [5.41, 5.74) is 0.791. The highest BCUT2D eigenvalue weighted by molar-refractivity contribution is 9.10. The quantitative estimate of drug-likeness (QED) is 0.765. The van der Waals surface area contributed by atoms with Crippen LogP contribution in [0.5, 0.6) is 11.5 Å². The minimum absolute atomic E-state index is 0.653. The molecule has 3 heteroatoms. The fourth-order valence-electron chi connectivity index (χ4n) is 2.50. The Kier molecular flexibility index (Phi) is 5.15. The number of halogens is 1. The summed E-state index contributed by atoms with van der Waals surface area (Å²) >= 11 is 3.51. The molecule has 0 saturated heterocycles. The Morgan fingerprint density at radius 1 is 1.32 bits per heavy atom. The van der Waals surface area contributed by atoms with E-state index in [1.165, 1.54) is 32.1 Å². The van der Waals surface area contributed by atoms with Gasteiger partial charge in [0, 0.05) is 5.56 Å². The molecule has 0 N–H and O–H groups in total. The molecular formula is C16H19BrO2. The van der Waals surface area contributed by atoms with Crippen LogP contribution in [0.15, 0.2) is 16.6 Å². The van der Waals surface area contributed by atoms with Gasteiger partial charge in [-0.2, -0.15) is 0 Å². The van der Waals surface area contributed by atoms with Crippen LogP contribution in [-0.4, -0.2) is 13.7 Å². The summed E-state index contributed by atoms with van der Waals surface area (Å²) < 4.78 is 12.1. The molecule has 1 aromatic carbocycles. The topological polar surface area (TPSA) is 18.5 Å². The minimum atomic E-state index is 0.653. The van der Waals surface area contributed by atoms with Gasteiger partial charge in [-0.1, -0.05) is 25.2 Å². The van der Waals surface area contributed by atoms with Gasteiger partial charge in [-0.05, 0) is 46.8 Å². The van der Waals surface area contributed by atoms with Crippen LogP contribution in [0.3, 0.4) is 0 Å². The maximum absolute atomic E-state index is 5.97. The van der Waals surface area contributed by atoms with E-state index in [0.717, 1.165) is 28.1 Å². The van der Waals surface area contributed by atoms with Crippen LogP contribution in [0.4, 0.5) is 0 Å². The van der Waals surface area contributed by atoms with Gasteiger partial charge in [-0.3, -0.25) is 0 Å². The molecule has 1 fully saturated rings. The normalized spacial score (nSPS) is 15.8. The lowest BCUT2D eigenvalue weighted by Crippen LogP contribution is -2.15. The second-order valence-corrected chi connectivity index (χ2v) is 5.71. The van der Waals surface area contributed by atoms with Crippen molar-refractivity contribution in [1.82, 2.24) is 0 Å². The molecule has 1 saturated carbocycles. The predicted molar refractivity (Wildman–Crippen MR) is 80.7 cm³/mol. The van der Waals surface area contributed by atoms with E-state index in [1.54, 1.807) is 7.11 Å². The summed E-state index contributed by atoms with van der Waals surface area (Å²) in [6, 6.07) is 3.71. The monoisotopic (exact) mass is 322 g/mol. The summed E-state index contributed by atoms with van der Waals surface area (Å²) in [7, 11) is 1.64. The van der Waals surface area contributed by atoms with Crippen molar-refractivity contribution in [2.45, 2.75) is 32.1 Å². The van der Waals surface area contributed by atoms with E-state index >= 15 is 0 Å². The van der Waals surface area contributed by atoms with Crippen molar-refractivity contribution >= 4 is 15.9 Å². The molecule has 1 aromatic rings. The first-order valence-corrected chi connectivity index (χ1v) is 7.51. The molecule has 0 bridgehead atoms. The molecule has 0 atom stereocenters. The molecule has 2 nitrogen and oxygen atoms in total. The van der Waals surface area contributed by atoms with E-state index in [-0.39, 0.29) is 0 Å². The Morgan fingerprint density at radius 3 is 2.68 bits per heavy atom. The van der Waals surface area contributed by atoms with Crippen molar-refractivity contribution in [2.24, 2.45) is 5.92 Å². The van der Waals surface area contributed by atoms with Gasteiger partial charge in [0.15, 0.2) is 11.5 Å². The van der Waals surface area contributed by atoms with Crippen molar-refractivity contribution in [3.8, 4) is 23.8 Å². The largest absolute Gasteiger partial charge is 0.493 e. The van der Waals surface area contributed by atoms with E-state index < -0.39 is 0 Å². The van der Waals surface area contributed by atoms with E-state index in [2.05, 4.69) is 21.9 Å². The molecule has 0 aliphatic heterocycles. The first kappa shape index (κ1) is 14.3. The number of hydrogen-bond acceptors (Lipinski definition) is 2. The zero-order chi connectivity index (χ0) is 13.7. The Bertz CT molecular complexity index is 470. The Balaban J connectivity index is 2.11. The molecule has 102 valence electrons. The maximum Gasteiger partial charge on any atom is 0.176 e. The van der Waals surface area contributed by atoms with Gasteiger partial charge in [0.25, 0.3) is 0 Å². The lowest BCUT2D eigenvalue weighted by Gasteiger charge is -2.22. The van der Waals surface area contributed by atoms with Crippen molar-refractivity contribution in [1.29, 1.82) is 0 Å². The number of rotatable bonds is 4. The van der Waals surface area contributed by atoms with Gasteiger partial charge in [-0.25, -0.2) is 0 Å². The van der Waals surface area contributed by atoms with E-state index in [0.29, 0.717) is 5.92 Å². The third-order valence-electron chi connectivity index (χ3n) is 3.62. The zero-order valence-electron chi connectivity index (χ0n) is 11.2. The first-order valence-electron chi connectivity index (χ1n) is 6.72. The van der Waals surface area contributed by atoms with Crippen LogP contribution >= 0.6 is 15.9 Å². The van der Waals surface area contributed by atoms with Crippen LogP contribution in [0.25, 0.3) is 0 Å². The third kappa shape index (κ3) is 3.45. The second-order valence-electron chi connectivity index (χ2n) is 4.92. The highest BCUT2D eigenvalue weighted by Crippen LogP contribution is 2.38. The van der Waals surface area contributed by atoms with Crippen LogP contribution in [0.2, 0.25) is 0 Å². The molecule has 1 aliphatic carbocycles. The Morgan fingerprint density at radius 2 is 2.05 bits per heavy atom.